The number of aromatic nitrogens is 1. The lowest BCUT2D eigenvalue weighted by Crippen LogP contribution is -2.06. The smallest absolute Gasteiger partial charge is 0.255 e. The number of halogens is 3. The number of hydrogen-bond donors (Lipinski definition) is 0. The van der Waals surface area contributed by atoms with Crippen molar-refractivity contribution in [3.63, 3.8) is 0 Å². The highest BCUT2D eigenvalue weighted by Crippen LogP contribution is 2.43. The molecule has 0 saturated carbocycles. The fraction of sp³-hybridized carbons (Fsp3) is 0.192. The summed E-state index contributed by atoms with van der Waals surface area (Å²) in [5, 5.41) is 2.95. The van der Waals surface area contributed by atoms with Crippen molar-refractivity contribution in [2.24, 2.45) is 5.92 Å². The Morgan fingerprint density at radius 2 is 1.61 bits per heavy atom. The van der Waals surface area contributed by atoms with Crippen molar-refractivity contribution in [3.05, 3.63) is 78.0 Å². The van der Waals surface area contributed by atoms with Gasteiger partial charge in [-0.15, -0.1) is 11.3 Å². The number of pyridine rings is 1. The largest absolute Gasteiger partial charge is 0.417 e. The molecule has 0 saturated heterocycles. The summed E-state index contributed by atoms with van der Waals surface area (Å²) in [5.41, 5.74) is 1.74. The molecule has 0 aliphatic carbocycles. The van der Waals surface area contributed by atoms with Gasteiger partial charge in [-0.05, 0) is 46.9 Å². The number of benzene rings is 3. The van der Waals surface area contributed by atoms with Crippen LogP contribution in [0.5, 0.6) is 0 Å². The van der Waals surface area contributed by atoms with Crippen LogP contribution in [0.15, 0.2) is 66.9 Å². The molecule has 0 amide bonds. The molecule has 3 aromatic carbocycles. The molecular formula is C26H20F3NS. The highest BCUT2D eigenvalue weighted by Gasteiger charge is 2.33. The Balaban J connectivity index is 1.81. The third kappa shape index (κ3) is 3.47. The van der Waals surface area contributed by atoms with Crippen LogP contribution in [-0.2, 0) is 12.6 Å². The number of hydrogen-bond acceptors (Lipinski definition) is 2. The van der Waals surface area contributed by atoms with E-state index in [1.807, 2.05) is 12.1 Å². The van der Waals surface area contributed by atoms with Gasteiger partial charge in [0, 0.05) is 27.2 Å². The number of rotatable bonds is 3. The van der Waals surface area contributed by atoms with E-state index in [0.717, 1.165) is 21.9 Å². The monoisotopic (exact) mass is 435 g/mol. The molecule has 5 rings (SSSR count). The van der Waals surface area contributed by atoms with Gasteiger partial charge in [-0.3, -0.25) is 4.98 Å². The summed E-state index contributed by atoms with van der Waals surface area (Å²) in [5.74, 6) is 0.517. The minimum absolute atomic E-state index is 0.210. The van der Waals surface area contributed by atoms with Gasteiger partial charge in [0.15, 0.2) is 0 Å². The average Bonchev–Trinajstić information content (AvgIpc) is 3.12. The van der Waals surface area contributed by atoms with Crippen molar-refractivity contribution in [1.82, 2.24) is 4.98 Å². The summed E-state index contributed by atoms with van der Waals surface area (Å²) in [6, 6.07) is 17.9. The first-order chi connectivity index (χ1) is 14.8. The lowest BCUT2D eigenvalue weighted by Gasteiger charge is -2.13. The maximum absolute atomic E-state index is 13.9. The van der Waals surface area contributed by atoms with Gasteiger partial charge in [-0.25, -0.2) is 0 Å². The second-order valence-electron chi connectivity index (χ2n) is 8.27. The Hall–Kier alpha value is -2.92. The molecule has 0 spiro atoms. The molecule has 5 heteroatoms. The van der Waals surface area contributed by atoms with Gasteiger partial charge in [0.1, 0.15) is 0 Å². The molecule has 0 bridgehead atoms. The molecule has 0 aliphatic rings. The fourth-order valence-electron chi connectivity index (χ4n) is 4.27. The standard InChI is InChI=1S/C26H20F3NS/c1-15(2)12-17-7-5-9-20-21-10-11-30-23(25(21)31-24(17)20)18-13-16-6-3-4-8-19(16)22(14-18)26(27,28)29/h3-11,13-15H,12H2,1-2H3. The Bertz CT molecular complexity index is 1430. The molecule has 156 valence electrons. The van der Waals surface area contributed by atoms with Gasteiger partial charge >= 0.3 is 6.18 Å². The predicted molar refractivity (Wildman–Crippen MR) is 124 cm³/mol. The minimum Gasteiger partial charge on any atom is -0.255 e. The SMILES string of the molecule is CC(C)Cc1cccc2c1sc1c(-c3cc(C(F)(F)F)c4ccccc4c3)nccc12. The van der Waals surface area contributed by atoms with Crippen molar-refractivity contribution < 1.29 is 13.2 Å². The third-order valence-corrected chi connectivity index (χ3v) is 6.87. The van der Waals surface area contributed by atoms with Gasteiger partial charge in [0.05, 0.1) is 16.0 Å². The highest BCUT2D eigenvalue weighted by atomic mass is 32.1. The van der Waals surface area contributed by atoms with Crippen LogP contribution >= 0.6 is 11.3 Å². The zero-order valence-corrected chi connectivity index (χ0v) is 17.9. The molecule has 31 heavy (non-hydrogen) atoms. The van der Waals surface area contributed by atoms with E-state index in [2.05, 4.69) is 37.0 Å². The molecule has 1 nitrogen and oxygen atoms in total. The molecule has 0 atom stereocenters. The lowest BCUT2D eigenvalue weighted by atomic mass is 9.97. The molecular weight excluding hydrogens is 415 g/mol. The number of nitrogens with zero attached hydrogens (tertiary/aromatic N) is 1. The van der Waals surface area contributed by atoms with Crippen molar-refractivity contribution in [1.29, 1.82) is 0 Å². The van der Waals surface area contributed by atoms with E-state index in [-0.39, 0.29) is 5.39 Å². The lowest BCUT2D eigenvalue weighted by molar-refractivity contribution is -0.136. The Morgan fingerprint density at radius 3 is 2.39 bits per heavy atom. The van der Waals surface area contributed by atoms with Crippen LogP contribution in [0.2, 0.25) is 0 Å². The van der Waals surface area contributed by atoms with Crippen LogP contribution in [-0.4, -0.2) is 4.98 Å². The molecule has 0 unspecified atom stereocenters. The van der Waals surface area contributed by atoms with E-state index in [1.165, 1.54) is 22.4 Å². The molecule has 0 fully saturated rings. The third-order valence-electron chi connectivity index (χ3n) is 5.56. The zero-order chi connectivity index (χ0) is 21.8. The summed E-state index contributed by atoms with van der Waals surface area (Å²) in [6.45, 7) is 4.37. The van der Waals surface area contributed by atoms with Crippen molar-refractivity contribution in [2.75, 3.05) is 0 Å². The Morgan fingerprint density at radius 1 is 0.871 bits per heavy atom. The van der Waals surface area contributed by atoms with Crippen LogP contribution < -0.4 is 0 Å². The second kappa shape index (κ2) is 7.34. The number of fused-ring (bicyclic) bond motifs is 4. The van der Waals surface area contributed by atoms with Gasteiger partial charge in [0.25, 0.3) is 0 Å². The maximum atomic E-state index is 13.9. The summed E-state index contributed by atoms with van der Waals surface area (Å²) in [6.07, 6.45) is -1.78. The normalized spacial score (nSPS) is 12.5. The second-order valence-corrected chi connectivity index (χ2v) is 9.29. The molecule has 0 radical (unpaired) electrons. The van der Waals surface area contributed by atoms with Gasteiger partial charge in [0.2, 0.25) is 0 Å². The summed E-state index contributed by atoms with van der Waals surface area (Å²) < 4.78 is 43.7. The highest BCUT2D eigenvalue weighted by molar-refractivity contribution is 7.26. The number of thiophene rings is 1. The van der Waals surface area contributed by atoms with Gasteiger partial charge < -0.3 is 0 Å². The first-order valence-corrected chi connectivity index (χ1v) is 11.0. The van der Waals surface area contributed by atoms with Crippen LogP contribution in [0.3, 0.4) is 0 Å². The summed E-state index contributed by atoms with van der Waals surface area (Å²) in [7, 11) is 0. The maximum Gasteiger partial charge on any atom is 0.417 e. The fourth-order valence-corrected chi connectivity index (χ4v) is 5.60. The Labute approximate surface area is 182 Å². The van der Waals surface area contributed by atoms with Gasteiger partial charge in [-0.2, -0.15) is 13.2 Å². The summed E-state index contributed by atoms with van der Waals surface area (Å²) >= 11 is 1.63. The zero-order valence-electron chi connectivity index (χ0n) is 17.1. The van der Waals surface area contributed by atoms with Crippen LogP contribution in [0, 0.1) is 5.92 Å². The quantitative estimate of drug-likeness (QED) is 0.277. The molecule has 2 aromatic heterocycles. The Kier molecular flexibility index (Phi) is 4.74. The minimum atomic E-state index is -4.44. The summed E-state index contributed by atoms with van der Waals surface area (Å²) in [4.78, 5) is 4.54. The van der Waals surface area contributed by atoms with Crippen molar-refractivity contribution in [3.8, 4) is 11.3 Å². The van der Waals surface area contributed by atoms with Crippen LogP contribution in [0.25, 0.3) is 42.2 Å². The van der Waals surface area contributed by atoms with E-state index in [4.69, 9.17) is 0 Å². The average molecular weight is 436 g/mol. The van der Waals surface area contributed by atoms with E-state index >= 15 is 0 Å². The topological polar surface area (TPSA) is 12.9 Å². The predicted octanol–water partition coefficient (Wildman–Crippen LogP) is 8.49. The van der Waals surface area contributed by atoms with Crippen molar-refractivity contribution >= 4 is 42.3 Å². The van der Waals surface area contributed by atoms with Crippen LogP contribution in [0.4, 0.5) is 13.2 Å². The molecule has 0 N–H and O–H groups in total. The van der Waals surface area contributed by atoms with E-state index in [1.54, 1.807) is 35.7 Å². The van der Waals surface area contributed by atoms with E-state index in [0.29, 0.717) is 22.6 Å². The molecule has 5 aromatic rings. The molecule has 2 heterocycles. The van der Waals surface area contributed by atoms with E-state index in [9.17, 15) is 13.2 Å². The van der Waals surface area contributed by atoms with Crippen molar-refractivity contribution in [2.45, 2.75) is 26.4 Å². The first-order valence-electron chi connectivity index (χ1n) is 10.2. The molecule has 0 aliphatic heterocycles. The van der Waals surface area contributed by atoms with Crippen LogP contribution in [0.1, 0.15) is 25.0 Å². The first kappa shape index (κ1) is 20.0. The van der Waals surface area contributed by atoms with E-state index < -0.39 is 11.7 Å². The number of alkyl halides is 3. The van der Waals surface area contributed by atoms with Gasteiger partial charge in [-0.1, -0.05) is 56.3 Å².